The highest BCUT2D eigenvalue weighted by Crippen LogP contribution is 2.32. The fourth-order valence-corrected chi connectivity index (χ4v) is 4.23. The van der Waals surface area contributed by atoms with Gasteiger partial charge in [-0.25, -0.2) is 15.0 Å². The second kappa shape index (κ2) is 9.68. The average Bonchev–Trinajstić information content (AvgIpc) is 3.31. The van der Waals surface area contributed by atoms with Crippen molar-refractivity contribution >= 4 is 11.8 Å². The minimum atomic E-state index is 0.655. The summed E-state index contributed by atoms with van der Waals surface area (Å²) in [6.07, 6.45) is 5.67. The van der Waals surface area contributed by atoms with Crippen LogP contribution in [0.25, 0.3) is 22.6 Å². The van der Waals surface area contributed by atoms with Crippen LogP contribution in [0.5, 0.6) is 0 Å². The summed E-state index contributed by atoms with van der Waals surface area (Å²) in [5, 5.41) is 4.05. The monoisotopic (exact) mass is 447 g/mol. The molecule has 5 heterocycles. The first-order chi connectivity index (χ1) is 16.2. The maximum absolute atomic E-state index is 5.56. The maximum atomic E-state index is 5.56. The summed E-state index contributed by atoms with van der Waals surface area (Å²) in [5.41, 5.74) is 3.35. The van der Waals surface area contributed by atoms with E-state index in [-0.39, 0.29) is 0 Å². The fourth-order valence-electron chi connectivity index (χ4n) is 4.23. The highest BCUT2D eigenvalue weighted by atomic mass is 16.5. The lowest BCUT2D eigenvalue weighted by Gasteiger charge is -2.34. The zero-order valence-electron chi connectivity index (χ0n) is 19.0. The molecule has 0 amide bonds. The number of aryl methyl sites for hydroxylation is 1. The van der Waals surface area contributed by atoms with Crippen molar-refractivity contribution in [1.82, 2.24) is 25.0 Å². The molecule has 0 bridgehead atoms. The molecule has 2 fully saturated rings. The van der Waals surface area contributed by atoms with E-state index in [9.17, 15) is 0 Å². The van der Waals surface area contributed by atoms with Crippen LogP contribution in [0, 0.1) is 6.92 Å². The summed E-state index contributed by atoms with van der Waals surface area (Å²) < 4.78 is 11.0. The standard InChI is InChI=1S/C24H29N7O2/c1-3-6-29-7-9-31(10-8-29)24-26-17-20(21-15-18(2)28-33-21)23(27-24)19-4-5-22(25-16-19)30-11-13-32-14-12-30/h3-5,15-17H,1,6-14H2,2H3. The van der Waals surface area contributed by atoms with Crippen LogP contribution in [0.4, 0.5) is 11.8 Å². The first kappa shape index (κ1) is 21.5. The van der Waals surface area contributed by atoms with Gasteiger partial charge in [0.2, 0.25) is 5.95 Å². The first-order valence-corrected chi connectivity index (χ1v) is 11.4. The molecule has 172 valence electrons. The lowest BCUT2D eigenvalue weighted by atomic mass is 10.1. The number of morpholine rings is 1. The molecule has 0 N–H and O–H groups in total. The molecular formula is C24H29N7O2. The number of rotatable bonds is 6. The number of hydrogen-bond donors (Lipinski definition) is 0. The molecule has 5 rings (SSSR count). The summed E-state index contributed by atoms with van der Waals surface area (Å²) in [4.78, 5) is 21.2. The first-order valence-electron chi connectivity index (χ1n) is 11.4. The Kier molecular flexibility index (Phi) is 6.32. The van der Waals surface area contributed by atoms with E-state index in [4.69, 9.17) is 19.2 Å². The van der Waals surface area contributed by atoms with E-state index >= 15 is 0 Å². The van der Waals surface area contributed by atoms with Gasteiger partial charge in [0, 0.05) is 69.8 Å². The molecule has 2 saturated heterocycles. The number of ether oxygens (including phenoxy) is 1. The lowest BCUT2D eigenvalue weighted by Crippen LogP contribution is -2.46. The zero-order chi connectivity index (χ0) is 22.6. The number of anilines is 2. The molecule has 2 aliphatic rings. The number of piperazine rings is 1. The molecule has 3 aromatic rings. The third-order valence-corrected chi connectivity index (χ3v) is 6.07. The molecule has 3 aromatic heterocycles. The van der Waals surface area contributed by atoms with Gasteiger partial charge in [-0.1, -0.05) is 11.2 Å². The number of aromatic nitrogens is 4. The van der Waals surface area contributed by atoms with E-state index in [0.717, 1.165) is 93.3 Å². The molecule has 0 atom stereocenters. The Morgan fingerprint density at radius 2 is 1.82 bits per heavy atom. The van der Waals surface area contributed by atoms with E-state index in [2.05, 4.69) is 37.5 Å². The van der Waals surface area contributed by atoms with E-state index in [1.54, 1.807) is 0 Å². The van der Waals surface area contributed by atoms with Gasteiger partial charge < -0.3 is 19.1 Å². The number of hydrogen-bond acceptors (Lipinski definition) is 9. The van der Waals surface area contributed by atoms with Crippen molar-refractivity contribution in [2.45, 2.75) is 6.92 Å². The van der Waals surface area contributed by atoms with Gasteiger partial charge >= 0.3 is 0 Å². The summed E-state index contributed by atoms with van der Waals surface area (Å²) in [6, 6.07) is 6.02. The van der Waals surface area contributed by atoms with Crippen LogP contribution in [0.3, 0.4) is 0 Å². The van der Waals surface area contributed by atoms with Crippen LogP contribution >= 0.6 is 0 Å². The Hall–Kier alpha value is -3.30. The van der Waals surface area contributed by atoms with Gasteiger partial charge in [0.15, 0.2) is 5.76 Å². The van der Waals surface area contributed by atoms with Gasteiger partial charge in [-0.15, -0.1) is 6.58 Å². The zero-order valence-corrected chi connectivity index (χ0v) is 19.0. The molecule has 0 aromatic carbocycles. The SMILES string of the molecule is C=CCN1CCN(c2ncc(-c3cc(C)no3)c(-c3ccc(N4CCOCC4)nc3)n2)CC1. The minimum absolute atomic E-state index is 0.655. The topological polar surface area (TPSA) is 83.7 Å². The Morgan fingerprint density at radius 1 is 1.00 bits per heavy atom. The van der Waals surface area contributed by atoms with Gasteiger partial charge in [0.25, 0.3) is 0 Å². The second-order valence-corrected chi connectivity index (χ2v) is 8.35. The van der Waals surface area contributed by atoms with Crippen molar-refractivity contribution < 1.29 is 9.26 Å². The van der Waals surface area contributed by atoms with Crippen LogP contribution in [0.1, 0.15) is 5.69 Å². The summed E-state index contributed by atoms with van der Waals surface area (Å²) >= 11 is 0. The Morgan fingerprint density at radius 3 is 2.48 bits per heavy atom. The minimum Gasteiger partial charge on any atom is -0.378 e. The van der Waals surface area contributed by atoms with Crippen molar-refractivity contribution in [1.29, 1.82) is 0 Å². The molecule has 0 radical (unpaired) electrons. The molecule has 0 aliphatic carbocycles. The Bertz CT molecular complexity index is 1080. The normalized spacial score (nSPS) is 17.4. The summed E-state index contributed by atoms with van der Waals surface area (Å²) in [5.74, 6) is 2.33. The van der Waals surface area contributed by atoms with Crippen LogP contribution in [-0.4, -0.2) is 84.0 Å². The highest BCUT2D eigenvalue weighted by molar-refractivity contribution is 5.78. The van der Waals surface area contributed by atoms with Crippen molar-refractivity contribution in [2.75, 3.05) is 68.8 Å². The van der Waals surface area contributed by atoms with Crippen LogP contribution < -0.4 is 9.80 Å². The lowest BCUT2D eigenvalue weighted by molar-refractivity contribution is 0.122. The second-order valence-electron chi connectivity index (χ2n) is 8.35. The number of pyridine rings is 1. The molecule has 33 heavy (non-hydrogen) atoms. The van der Waals surface area contributed by atoms with Crippen LogP contribution in [0.15, 0.2) is 47.8 Å². The van der Waals surface area contributed by atoms with Crippen molar-refractivity contribution in [3.63, 3.8) is 0 Å². The molecule has 0 spiro atoms. The molecular weight excluding hydrogens is 418 g/mol. The van der Waals surface area contributed by atoms with Crippen molar-refractivity contribution in [3.05, 3.63) is 48.9 Å². The predicted octanol–water partition coefficient (Wildman–Crippen LogP) is 2.65. The van der Waals surface area contributed by atoms with Gasteiger partial charge in [-0.3, -0.25) is 4.90 Å². The Balaban J connectivity index is 1.46. The van der Waals surface area contributed by atoms with Crippen LogP contribution in [0.2, 0.25) is 0 Å². The average molecular weight is 448 g/mol. The van der Waals surface area contributed by atoms with E-state index < -0.39 is 0 Å². The molecule has 0 unspecified atom stereocenters. The van der Waals surface area contributed by atoms with Gasteiger partial charge in [0.05, 0.1) is 30.2 Å². The third kappa shape index (κ3) is 4.74. The highest BCUT2D eigenvalue weighted by Gasteiger charge is 2.22. The number of nitrogens with zero attached hydrogens (tertiary/aromatic N) is 7. The van der Waals surface area contributed by atoms with Crippen LogP contribution in [-0.2, 0) is 4.74 Å². The maximum Gasteiger partial charge on any atom is 0.225 e. The molecule has 0 saturated carbocycles. The molecule has 2 aliphatic heterocycles. The summed E-state index contributed by atoms with van der Waals surface area (Å²) in [7, 11) is 0. The van der Waals surface area contributed by atoms with E-state index in [1.165, 1.54) is 0 Å². The quantitative estimate of drug-likeness (QED) is 0.530. The smallest absolute Gasteiger partial charge is 0.225 e. The van der Waals surface area contributed by atoms with Crippen molar-refractivity contribution in [2.24, 2.45) is 0 Å². The largest absolute Gasteiger partial charge is 0.378 e. The third-order valence-electron chi connectivity index (χ3n) is 6.07. The van der Waals surface area contributed by atoms with Gasteiger partial charge in [0.1, 0.15) is 5.82 Å². The summed E-state index contributed by atoms with van der Waals surface area (Å²) in [6.45, 7) is 13.5. The fraction of sp³-hybridized carbons (Fsp3) is 0.417. The molecule has 9 nitrogen and oxygen atoms in total. The van der Waals surface area contributed by atoms with Gasteiger partial charge in [-0.2, -0.15) is 0 Å². The Labute approximate surface area is 193 Å². The van der Waals surface area contributed by atoms with E-state index in [1.807, 2.05) is 37.5 Å². The van der Waals surface area contributed by atoms with Gasteiger partial charge in [-0.05, 0) is 19.1 Å². The predicted molar refractivity (Wildman–Crippen MR) is 127 cm³/mol. The van der Waals surface area contributed by atoms with Crippen molar-refractivity contribution in [3.8, 4) is 22.6 Å². The molecule has 9 heteroatoms. The van der Waals surface area contributed by atoms with E-state index in [0.29, 0.717) is 5.76 Å².